The minimum atomic E-state index is -0.128. The normalized spacial score (nSPS) is 14.4. The van der Waals surface area contributed by atoms with Crippen LogP contribution in [0.25, 0.3) is 10.8 Å². The first-order valence-electron chi connectivity index (χ1n) is 10.7. The highest BCUT2D eigenvalue weighted by Crippen LogP contribution is 2.32. The lowest BCUT2D eigenvalue weighted by Gasteiger charge is -2.26. The zero-order chi connectivity index (χ0) is 21.6. The fourth-order valence-electron chi connectivity index (χ4n) is 3.72. The van der Waals surface area contributed by atoms with Crippen LogP contribution in [-0.2, 0) is 4.74 Å². The number of nitrogens with zero attached hydrogens (tertiary/aromatic N) is 2. The molecule has 1 N–H and O–H groups in total. The maximum Gasteiger partial charge on any atom is 0.255 e. The van der Waals surface area contributed by atoms with E-state index in [1.807, 2.05) is 79.7 Å². The second kappa shape index (κ2) is 9.81. The first-order chi connectivity index (χ1) is 15.1. The highest BCUT2D eigenvalue weighted by Gasteiger charge is 2.13. The fraction of sp³-hybridized carbons (Fsp3) is 0.320. The molecule has 1 saturated heterocycles. The number of anilines is 2. The van der Waals surface area contributed by atoms with Crippen molar-refractivity contribution in [3.8, 4) is 5.75 Å². The smallest absolute Gasteiger partial charge is 0.255 e. The SMILES string of the molecule is CN(C)c1ccc(C(=O)Nc2ccc(OCCN3CCOCC3)c3ccccc23)cc1. The molecule has 1 aliphatic heterocycles. The van der Waals surface area contributed by atoms with Crippen molar-refractivity contribution in [1.82, 2.24) is 4.90 Å². The molecule has 3 aromatic carbocycles. The molecule has 31 heavy (non-hydrogen) atoms. The molecule has 0 saturated carbocycles. The van der Waals surface area contributed by atoms with Crippen molar-refractivity contribution >= 4 is 28.1 Å². The van der Waals surface area contributed by atoms with Crippen LogP contribution in [0.3, 0.4) is 0 Å². The Bertz CT molecular complexity index is 1030. The molecular formula is C25H29N3O3. The summed E-state index contributed by atoms with van der Waals surface area (Å²) in [6.07, 6.45) is 0. The molecule has 3 aromatic rings. The average Bonchev–Trinajstić information content (AvgIpc) is 2.81. The molecular weight excluding hydrogens is 390 g/mol. The predicted octanol–water partition coefficient (Wildman–Crippen LogP) is 3.87. The number of morpholine rings is 1. The Kier molecular flexibility index (Phi) is 6.70. The Labute approximate surface area is 183 Å². The van der Waals surface area contributed by atoms with Gasteiger partial charge in [0.05, 0.1) is 13.2 Å². The molecule has 0 bridgehead atoms. The largest absolute Gasteiger partial charge is 0.492 e. The van der Waals surface area contributed by atoms with E-state index in [0.29, 0.717) is 12.2 Å². The van der Waals surface area contributed by atoms with Gasteiger partial charge in [0, 0.05) is 61.4 Å². The monoisotopic (exact) mass is 419 g/mol. The molecule has 1 aliphatic rings. The Morgan fingerprint density at radius 3 is 2.42 bits per heavy atom. The average molecular weight is 420 g/mol. The van der Waals surface area contributed by atoms with Gasteiger partial charge >= 0.3 is 0 Å². The molecule has 0 aromatic heterocycles. The van der Waals surface area contributed by atoms with Crippen molar-refractivity contribution in [1.29, 1.82) is 0 Å². The number of carbonyl (C=O) groups excluding carboxylic acids is 1. The molecule has 162 valence electrons. The highest BCUT2D eigenvalue weighted by molar-refractivity contribution is 6.10. The Balaban J connectivity index is 1.47. The summed E-state index contributed by atoms with van der Waals surface area (Å²) < 4.78 is 11.5. The van der Waals surface area contributed by atoms with E-state index in [0.717, 1.165) is 60.7 Å². The number of fused-ring (bicyclic) bond motifs is 1. The van der Waals surface area contributed by atoms with Gasteiger partial charge in [-0.2, -0.15) is 0 Å². The molecule has 4 rings (SSSR count). The standard InChI is InChI=1S/C25H29N3O3/c1-27(2)20-9-7-19(8-10-20)25(29)26-23-11-12-24(22-6-4-3-5-21(22)23)31-18-15-28-13-16-30-17-14-28/h3-12H,13-18H2,1-2H3,(H,26,29). The van der Waals surface area contributed by atoms with Gasteiger partial charge in [0.1, 0.15) is 12.4 Å². The Morgan fingerprint density at radius 2 is 1.71 bits per heavy atom. The third kappa shape index (κ3) is 5.16. The minimum Gasteiger partial charge on any atom is -0.492 e. The van der Waals surface area contributed by atoms with E-state index in [4.69, 9.17) is 9.47 Å². The van der Waals surface area contributed by atoms with Crippen molar-refractivity contribution in [2.45, 2.75) is 0 Å². The maximum atomic E-state index is 12.8. The lowest BCUT2D eigenvalue weighted by atomic mass is 10.1. The minimum absolute atomic E-state index is 0.128. The lowest BCUT2D eigenvalue weighted by molar-refractivity contribution is 0.0323. The first kappa shape index (κ1) is 21.2. The van der Waals surface area contributed by atoms with Crippen molar-refractivity contribution in [2.75, 3.05) is 63.8 Å². The summed E-state index contributed by atoms with van der Waals surface area (Å²) in [6.45, 7) is 4.96. The topological polar surface area (TPSA) is 54.0 Å². The van der Waals surface area contributed by atoms with Crippen molar-refractivity contribution in [2.24, 2.45) is 0 Å². The second-order valence-corrected chi connectivity index (χ2v) is 7.85. The molecule has 6 heteroatoms. The number of hydrogen-bond acceptors (Lipinski definition) is 5. The van der Waals surface area contributed by atoms with Crippen LogP contribution >= 0.6 is 0 Å². The number of carbonyl (C=O) groups is 1. The summed E-state index contributed by atoms with van der Waals surface area (Å²) in [5.74, 6) is 0.702. The van der Waals surface area contributed by atoms with E-state index >= 15 is 0 Å². The third-order valence-corrected chi connectivity index (χ3v) is 5.55. The zero-order valence-corrected chi connectivity index (χ0v) is 18.1. The summed E-state index contributed by atoms with van der Waals surface area (Å²) >= 11 is 0. The van der Waals surface area contributed by atoms with Crippen LogP contribution in [0.4, 0.5) is 11.4 Å². The molecule has 6 nitrogen and oxygen atoms in total. The van der Waals surface area contributed by atoms with Crippen LogP contribution in [0, 0.1) is 0 Å². The number of nitrogens with one attached hydrogen (secondary N) is 1. The molecule has 0 radical (unpaired) electrons. The molecule has 0 atom stereocenters. The van der Waals surface area contributed by atoms with E-state index in [1.165, 1.54) is 0 Å². The molecule has 1 amide bonds. The van der Waals surface area contributed by atoms with E-state index in [9.17, 15) is 4.79 Å². The van der Waals surface area contributed by atoms with Crippen LogP contribution in [0.2, 0.25) is 0 Å². The van der Waals surface area contributed by atoms with Gasteiger partial charge in [-0.25, -0.2) is 0 Å². The summed E-state index contributed by atoms with van der Waals surface area (Å²) in [6, 6.07) is 19.4. The Morgan fingerprint density at radius 1 is 1.00 bits per heavy atom. The van der Waals surface area contributed by atoms with Crippen LogP contribution < -0.4 is 15.0 Å². The highest BCUT2D eigenvalue weighted by atomic mass is 16.5. The van der Waals surface area contributed by atoms with E-state index in [2.05, 4.69) is 10.2 Å². The van der Waals surface area contributed by atoms with Gasteiger partial charge in [0.25, 0.3) is 5.91 Å². The first-order valence-corrected chi connectivity index (χ1v) is 10.7. The number of ether oxygens (including phenoxy) is 2. The fourth-order valence-corrected chi connectivity index (χ4v) is 3.72. The van der Waals surface area contributed by atoms with Gasteiger partial charge in [0.2, 0.25) is 0 Å². The van der Waals surface area contributed by atoms with Crippen LogP contribution in [0.1, 0.15) is 10.4 Å². The van der Waals surface area contributed by atoms with Crippen molar-refractivity contribution in [3.63, 3.8) is 0 Å². The van der Waals surface area contributed by atoms with Gasteiger partial charge in [-0.3, -0.25) is 9.69 Å². The summed E-state index contributed by atoms with van der Waals surface area (Å²) in [7, 11) is 3.96. The van der Waals surface area contributed by atoms with Gasteiger partial charge in [0.15, 0.2) is 0 Å². The summed E-state index contributed by atoms with van der Waals surface area (Å²) in [5.41, 5.74) is 2.46. The van der Waals surface area contributed by atoms with E-state index in [1.54, 1.807) is 0 Å². The van der Waals surface area contributed by atoms with Crippen molar-refractivity contribution < 1.29 is 14.3 Å². The number of benzene rings is 3. The predicted molar refractivity (Wildman–Crippen MR) is 125 cm³/mol. The lowest BCUT2D eigenvalue weighted by Crippen LogP contribution is -2.38. The van der Waals surface area contributed by atoms with Gasteiger partial charge in [-0.15, -0.1) is 0 Å². The summed E-state index contributed by atoms with van der Waals surface area (Å²) in [4.78, 5) is 17.2. The molecule has 0 spiro atoms. The second-order valence-electron chi connectivity index (χ2n) is 7.85. The van der Waals surface area contributed by atoms with Crippen molar-refractivity contribution in [3.05, 3.63) is 66.2 Å². The van der Waals surface area contributed by atoms with Gasteiger partial charge in [-0.1, -0.05) is 24.3 Å². The number of rotatable bonds is 7. The maximum absolute atomic E-state index is 12.8. The van der Waals surface area contributed by atoms with Crippen LogP contribution in [0.15, 0.2) is 60.7 Å². The molecule has 0 aliphatic carbocycles. The molecule has 1 fully saturated rings. The number of hydrogen-bond donors (Lipinski definition) is 1. The van der Waals surface area contributed by atoms with Gasteiger partial charge in [-0.05, 0) is 36.4 Å². The van der Waals surface area contributed by atoms with Gasteiger partial charge < -0.3 is 19.7 Å². The quantitative estimate of drug-likeness (QED) is 0.630. The third-order valence-electron chi connectivity index (χ3n) is 5.55. The molecule has 0 unspecified atom stereocenters. The summed E-state index contributed by atoms with van der Waals surface area (Å²) in [5, 5.41) is 5.01. The number of amides is 1. The van der Waals surface area contributed by atoms with Crippen LogP contribution in [0.5, 0.6) is 5.75 Å². The Hall–Kier alpha value is -3.09. The molecule has 1 heterocycles. The van der Waals surface area contributed by atoms with Crippen LogP contribution in [-0.4, -0.2) is 64.4 Å². The van der Waals surface area contributed by atoms with E-state index in [-0.39, 0.29) is 5.91 Å². The van der Waals surface area contributed by atoms with E-state index < -0.39 is 0 Å². The zero-order valence-electron chi connectivity index (χ0n) is 18.1.